The number of hydrogen-bond acceptors (Lipinski definition) is 4. The molecule has 3 aromatic rings. The third-order valence-electron chi connectivity index (χ3n) is 5.32. The minimum atomic E-state index is -0.431. The molecule has 1 aliphatic heterocycles. The van der Waals surface area contributed by atoms with Crippen molar-refractivity contribution in [3.05, 3.63) is 95.8 Å². The molecular weight excluding hydrogens is 670 g/mol. The molecule has 0 aliphatic carbocycles. The van der Waals surface area contributed by atoms with E-state index < -0.39 is 6.03 Å². The standard InChI is InChI=1S/C27H24I2N2O4/c1-3-34-24-14-20(12-22(29)25(24)35-16-18-7-9-21(28)10-8-18)13-23-26(32)31(27(33)30-23)15-19-6-4-5-17(2)11-19/h4-14H,3,15-16H2,1-2H3,(H,30,33)/b23-13+. The van der Waals surface area contributed by atoms with Crippen molar-refractivity contribution in [3.63, 3.8) is 0 Å². The third-order valence-corrected chi connectivity index (χ3v) is 6.85. The average molecular weight is 694 g/mol. The van der Waals surface area contributed by atoms with Crippen LogP contribution in [0.5, 0.6) is 11.5 Å². The first kappa shape index (κ1) is 25.5. The zero-order valence-corrected chi connectivity index (χ0v) is 23.6. The molecule has 0 saturated carbocycles. The lowest BCUT2D eigenvalue weighted by atomic mass is 10.1. The summed E-state index contributed by atoms with van der Waals surface area (Å²) in [5, 5.41) is 2.70. The van der Waals surface area contributed by atoms with Gasteiger partial charge >= 0.3 is 6.03 Å². The zero-order chi connectivity index (χ0) is 24.9. The number of nitrogens with zero attached hydrogens (tertiary/aromatic N) is 1. The van der Waals surface area contributed by atoms with Crippen LogP contribution in [0.4, 0.5) is 4.79 Å². The fraction of sp³-hybridized carbons (Fsp3) is 0.185. The molecule has 3 aromatic carbocycles. The van der Waals surface area contributed by atoms with Crippen molar-refractivity contribution in [1.29, 1.82) is 0 Å². The monoisotopic (exact) mass is 694 g/mol. The minimum Gasteiger partial charge on any atom is -0.490 e. The molecule has 1 aliphatic rings. The van der Waals surface area contributed by atoms with Gasteiger partial charge in [-0.15, -0.1) is 0 Å². The number of hydrogen-bond donors (Lipinski definition) is 1. The molecule has 6 nitrogen and oxygen atoms in total. The lowest BCUT2D eigenvalue weighted by Gasteiger charge is -2.15. The SMILES string of the molecule is CCOc1cc(/C=C2/NC(=O)N(Cc3cccc(C)c3)C2=O)cc(I)c1OCc1ccc(I)cc1. The fourth-order valence-electron chi connectivity index (χ4n) is 3.69. The van der Waals surface area contributed by atoms with E-state index in [4.69, 9.17) is 9.47 Å². The quantitative estimate of drug-likeness (QED) is 0.172. The van der Waals surface area contributed by atoms with Gasteiger partial charge in [0.05, 0.1) is 16.7 Å². The van der Waals surface area contributed by atoms with E-state index in [0.717, 1.165) is 25.8 Å². The molecule has 0 atom stereocenters. The van der Waals surface area contributed by atoms with Crippen LogP contribution in [-0.4, -0.2) is 23.4 Å². The average Bonchev–Trinajstić information content (AvgIpc) is 3.07. The van der Waals surface area contributed by atoms with Gasteiger partial charge in [0.15, 0.2) is 11.5 Å². The van der Waals surface area contributed by atoms with Gasteiger partial charge in [-0.25, -0.2) is 4.79 Å². The first-order valence-corrected chi connectivity index (χ1v) is 13.2. The molecular formula is C27H24I2N2O4. The third kappa shape index (κ3) is 6.35. The Kier molecular flexibility index (Phi) is 8.32. The summed E-state index contributed by atoms with van der Waals surface area (Å²) in [5.41, 5.74) is 4.00. The molecule has 0 spiro atoms. The molecule has 0 radical (unpaired) electrons. The highest BCUT2D eigenvalue weighted by Crippen LogP contribution is 2.36. The van der Waals surface area contributed by atoms with E-state index >= 15 is 0 Å². The number of ether oxygens (including phenoxy) is 2. The predicted octanol–water partition coefficient (Wildman–Crippen LogP) is 6.27. The number of amides is 3. The number of carbonyl (C=O) groups is 2. The van der Waals surface area contributed by atoms with Crippen LogP contribution in [0.1, 0.15) is 29.2 Å². The van der Waals surface area contributed by atoms with Crippen LogP contribution >= 0.6 is 45.2 Å². The molecule has 0 bridgehead atoms. The van der Waals surface area contributed by atoms with Gasteiger partial charge in [0, 0.05) is 3.57 Å². The maximum Gasteiger partial charge on any atom is 0.329 e. The second-order valence-corrected chi connectivity index (χ2v) is 10.5. The summed E-state index contributed by atoms with van der Waals surface area (Å²) in [6, 6.07) is 19.2. The number of rotatable bonds is 8. The van der Waals surface area contributed by atoms with Gasteiger partial charge in [0.2, 0.25) is 0 Å². The van der Waals surface area contributed by atoms with Crippen LogP contribution < -0.4 is 14.8 Å². The van der Waals surface area contributed by atoms with Crippen molar-refractivity contribution >= 4 is 63.2 Å². The first-order valence-electron chi connectivity index (χ1n) is 11.1. The van der Waals surface area contributed by atoms with E-state index in [-0.39, 0.29) is 18.1 Å². The van der Waals surface area contributed by atoms with Crippen LogP contribution in [-0.2, 0) is 17.9 Å². The molecule has 1 N–H and O–H groups in total. The fourth-order valence-corrected chi connectivity index (χ4v) is 4.83. The lowest BCUT2D eigenvalue weighted by molar-refractivity contribution is -0.123. The Morgan fingerprint density at radius 3 is 2.46 bits per heavy atom. The maximum atomic E-state index is 13.0. The first-order chi connectivity index (χ1) is 16.8. The molecule has 0 aromatic heterocycles. The molecule has 1 heterocycles. The summed E-state index contributed by atoms with van der Waals surface area (Å²) in [7, 11) is 0. The Balaban J connectivity index is 1.55. The van der Waals surface area contributed by atoms with Crippen molar-refractivity contribution in [2.24, 2.45) is 0 Å². The van der Waals surface area contributed by atoms with Gasteiger partial charge in [0.1, 0.15) is 12.3 Å². The molecule has 8 heteroatoms. The van der Waals surface area contributed by atoms with Crippen molar-refractivity contribution in [2.45, 2.75) is 27.0 Å². The van der Waals surface area contributed by atoms with E-state index in [0.29, 0.717) is 24.7 Å². The second kappa shape index (κ2) is 11.4. The van der Waals surface area contributed by atoms with Crippen LogP contribution in [0.15, 0.2) is 66.4 Å². The summed E-state index contributed by atoms with van der Waals surface area (Å²) < 4.78 is 14.0. The van der Waals surface area contributed by atoms with Gasteiger partial charge in [-0.1, -0.05) is 42.0 Å². The Morgan fingerprint density at radius 1 is 0.971 bits per heavy atom. The van der Waals surface area contributed by atoms with E-state index in [2.05, 4.69) is 50.5 Å². The lowest BCUT2D eigenvalue weighted by Crippen LogP contribution is -2.30. The molecule has 4 rings (SSSR count). The van der Waals surface area contributed by atoms with Gasteiger partial charge < -0.3 is 14.8 Å². The smallest absolute Gasteiger partial charge is 0.329 e. The van der Waals surface area contributed by atoms with Crippen LogP contribution in [0.3, 0.4) is 0 Å². The van der Waals surface area contributed by atoms with Gasteiger partial charge in [-0.3, -0.25) is 9.69 Å². The van der Waals surface area contributed by atoms with E-state index in [1.807, 2.05) is 74.5 Å². The van der Waals surface area contributed by atoms with E-state index in [1.165, 1.54) is 8.47 Å². The number of benzene rings is 3. The van der Waals surface area contributed by atoms with Crippen LogP contribution in [0.25, 0.3) is 6.08 Å². The highest BCUT2D eigenvalue weighted by atomic mass is 127. The molecule has 1 saturated heterocycles. The number of nitrogens with one attached hydrogen (secondary N) is 1. The minimum absolute atomic E-state index is 0.219. The van der Waals surface area contributed by atoms with Gasteiger partial charge in [-0.05, 0) is 106 Å². The Morgan fingerprint density at radius 2 is 1.74 bits per heavy atom. The van der Waals surface area contributed by atoms with E-state index in [9.17, 15) is 9.59 Å². The van der Waals surface area contributed by atoms with Crippen molar-refractivity contribution in [1.82, 2.24) is 10.2 Å². The molecule has 180 valence electrons. The number of carbonyl (C=O) groups excluding carboxylic acids is 2. The number of halogens is 2. The summed E-state index contributed by atoms with van der Waals surface area (Å²) in [6.07, 6.45) is 1.67. The topological polar surface area (TPSA) is 67.9 Å². The Bertz CT molecular complexity index is 1290. The largest absolute Gasteiger partial charge is 0.490 e. The van der Waals surface area contributed by atoms with Crippen molar-refractivity contribution in [2.75, 3.05) is 6.61 Å². The molecule has 1 fully saturated rings. The van der Waals surface area contributed by atoms with E-state index in [1.54, 1.807) is 6.08 Å². The molecule has 0 unspecified atom stereocenters. The van der Waals surface area contributed by atoms with Crippen molar-refractivity contribution < 1.29 is 19.1 Å². The number of imide groups is 1. The Labute approximate surface area is 232 Å². The molecule has 35 heavy (non-hydrogen) atoms. The second-order valence-electron chi connectivity index (χ2n) is 8.05. The van der Waals surface area contributed by atoms with Crippen LogP contribution in [0.2, 0.25) is 0 Å². The normalized spacial score (nSPS) is 14.4. The summed E-state index contributed by atoms with van der Waals surface area (Å²) in [4.78, 5) is 26.7. The van der Waals surface area contributed by atoms with Gasteiger partial charge in [-0.2, -0.15) is 0 Å². The summed E-state index contributed by atoms with van der Waals surface area (Å²) >= 11 is 4.47. The zero-order valence-electron chi connectivity index (χ0n) is 19.3. The van der Waals surface area contributed by atoms with Crippen molar-refractivity contribution in [3.8, 4) is 11.5 Å². The molecule has 3 amide bonds. The predicted molar refractivity (Wildman–Crippen MR) is 152 cm³/mol. The van der Waals surface area contributed by atoms with Gasteiger partial charge in [0.25, 0.3) is 5.91 Å². The Hall–Kier alpha value is -2.60. The number of urea groups is 1. The number of aryl methyl sites for hydroxylation is 1. The highest BCUT2D eigenvalue weighted by molar-refractivity contribution is 14.1. The highest BCUT2D eigenvalue weighted by Gasteiger charge is 2.33. The summed E-state index contributed by atoms with van der Waals surface area (Å²) in [5.74, 6) is 0.879. The maximum absolute atomic E-state index is 13.0. The van der Waals surface area contributed by atoms with Crippen LogP contribution in [0, 0.1) is 14.1 Å². The summed E-state index contributed by atoms with van der Waals surface area (Å²) in [6.45, 7) is 4.99.